The Morgan fingerprint density at radius 2 is 1.07 bits per heavy atom. The minimum atomic E-state index is -3.20. The number of imidazole rings is 1. The molecule has 0 amide bonds. The predicted octanol–water partition coefficient (Wildman–Crippen LogP) is 8.59. The molecule has 0 bridgehead atoms. The van der Waals surface area contributed by atoms with Crippen LogP contribution in [0, 0.1) is 12.1 Å². The number of para-hydroxylation sites is 2. The second-order valence-electron chi connectivity index (χ2n) is 17.9. The molecule has 14 rings (SSSR count). The molecule has 0 N–H and O–H groups in total. The predicted molar refractivity (Wildman–Crippen MR) is 287 cm³/mol. The van der Waals surface area contributed by atoms with Gasteiger partial charge in [0, 0.05) is 34.9 Å². The molecule has 1 aliphatic heterocycles. The summed E-state index contributed by atoms with van der Waals surface area (Å²) in [5, 5.41) is 15.2. The fourth-order valence-corrected chi connectivity index (χ4v) is 21.1. The number of fused-ring (bicyclic) bond motifs is 11. The van der Waals surface area contributed by atoms with E-state index in [0.717, 1.165) is 71.4 Å². The Kier molecular flexibility index (Phi) is 10.0. The number of rotatable bonds is 7. The molecule has 1 aliphatic rings. The second kappa shape index (κ2) is 16.6. The molecule has 0 atom stereocenters. The standard InChI is InChI=1S/C62H40N4OSi2.Pd/c1-5-20-44(21-6-1)68(45-22-7-2-8-23-45,49-34-35-50-51-29-13-14-31-55(51)65-38-37-64-61(65)54(50)40-49)48-28-17-19-43(39-48)66-56-42-60-58(41-53(56)52-30-18-36-63-62(52)66)67-57-32-15-16-33-59(57)69(60,46-24-9-3-10-25-46)47-26-11-4-12-27-47;/h1-38,41-42H;/q-2;+2. The van der Waals surface area contributed by atoms with Crippen LogP contribution in [0.15, 0.2) is 243 Å². The molecule has 0 fully saturated rings. The van der Waals surface area contributed by atoms with E-state index in [1.165, 1.54) is 36.5 Å². The van der Waals surface area contributed by atoms with Crippen molar-refractivity contribution in [3.05, 3.63) is 255 Å². The summed E-state index contributed by atoms with van der Waals surface area (Å²) >= 11 is 0. The summed E-state index contributed by atoms with van der Waals surface area (Å²) in [6.07, 6.45) is 5.85. The van der Waals surface area contributed by atoms with E-state index in [4.69, 9.17) is 14.7 Å². The molecule has 13 aromatic rings. The van der Waals surface area contributed by atoms with Gasteiger partial charge in [-0.1, -0.05) is 169 Å². The van der Waals surface area contributed by atoms with Crippen LogP contribution >= 0.6 is 0 Å². The first-order valence-electron chi connectivity index (χ1n) is 23.4. The van der Waals surface area contributed by atoms with Crippen molar-refractivity contribution in [2.45, 2.75) is 0 Å². The molecule has 5 nitrogen and oxygen atoms in total. The fraction of sp³-hybridized carbons (Fsp3) is 0. The molecule has 5 heterocycles. The maximum absolute atomic E-state index is 7.03. The van der Waals surface area contributed by atoms with Gasteiger partial charge in [-0.05, 0) is 72.9 Å². The van der Waals surface area contributed by atoms with Gasteiger partial charge in [0.25, 0.3) is 0 Å². The van der Waals surface area contributed by atoms with Crippen LogP contribution in [0.25, 0.3) is 54.9 Å². The molecule has 70 heavy (non-hydrogen) atoms. The van der Waals surface area contributed by atoms with Crippen LogP contribution in [0.5, 0.6) is 11.5 Å². The summed E-state index contributed by atoms with van der Waals surface area (Å²) in [5.74, 6) is 1.79. The van der Waals surface area contributed by atoms with Gasteiger partial charge in [0.1, 0.15) is 25.2 Å². The van der Waals surface area contributed by atoms with Gasteiger partial charge in [-0.3, -0.25) is 4.98 Å². The number of pyridine rings is 2. The number of hydrogen-bond acceptors (Lipinski definition) is 3. The van der Waals surface area contributed by atoms with E-state index in [1.54, 1.807) is 0 Å². The maximum Gasteiger partial charge on any atom is 2.00 e. The van der Waals surface area contributed by atoms with Gasteiger partial charge in [0.05, 0.1) is 11.2 Å². The molecule has 332 valence electrons. The van der Waals surface area contributed by atoms with Crippen molar-refractivity contribution in [3.63, 3.8) is 0 Å². The monoisotopic (exact) mass is 1020 g/mol. The molecule has 0 saturated carbocycles. The molecular weight excluding hydrogens is 979 g/mol. The van der Waals surface area contributed by atoms with Crippen molar-refractivity contribution < 1.29 is 25.2 Å². The van der Waals surface area contributed by atoms with E-state index >= 15 is 0 Å². The first kappa shape index (κ1) is 42.2. The van der Waals surface area contributed by atoms with Crippen molar-refractivity contribution in [2.75, 3.05) is 0 Å². The van der Waals surface area contributed by atoms with Crippen molar-refractivity contribution in [1.29, 1.82) is 0 Å². The van der Waals surface area contributed by atoms with Crippen molar-refractivity contribution >= 4 is 107 Å². The molecule has 0 spiro atoms. The van der Waals surface area contributed by atoms with E-state index in [9.17, 15) is 0 Å². The molecule has 4 aromatic heterocycles. The second-order valence-corrected chi connectivity index (χ2v) is 25.4. The van der Waals surface area contributed by atoms with Gasteiger partial charge < -0.3 is 13.7 Å². The molecule has 9 aromatic carbocycles. The van der Waals surface area contributed by atoms with E-state index < -0.39 is 16.1 Å². The Labute approximate surface area is 420 Å². The Balaban J connectivity index is 0.00000480. The minimum absolute atomic E-state index is 0. The average molecular weight is 1020 g/mol. The van der Waals surface area contributed by atoms with Crippen LogP contribution < -0.4 is 46.2 Å². The number of hydrogen-bond donors (Lipinski definition) is 0. The summed E-state index contributed by atoms with van der Waals surface area (Å²) < 4.78 is 11.6. The largest absolute Gasteiger partial charge is 2.00 e. The van der Waals surface area contributed by atoms with E-state index in [1.807, 2.05) is 18.5 Å². The van der Waals surface area contributed by atoms with Crippen LogP contribution in [0.4, 0.5) is 0 Å². The van der Waals surface area contributed by atoms with Gasteiger partial charge in [-0.15, -0.1) is 34.8 Å². The third-order valence-electron chi connectivity index (χ3n) is 14.5. The quantitative estimate of drug-likeness (QED) is 0.0696. The van der Waals surface area contributed by atoms with Crippen LogP contribution in [0.1, 0.15) is 0 Å². The molecule has 0 saturated heterocycles. The van der Waals surface area contributed by atoms with E-state index in [2.05, 4.69) is 246 Å². The smallest absolute Gasteiger partial charge is 0.458 e. The summed E-state index contributed by atoms with van der Waals surface area (Å²) in [6, 6.07) is 90.0. The van der Waals surface area contributed by atoms with Gasteiger partial charge in [0.2, 0.25) is 0 Å². The first-order chi connectivity index (χ1) is 34.2. The number of aromatic nitrogens is 4. The van der Waals surface area contributed by atoms with Gasteiger partial charge in [0.15, 0.2) is 8.07 Å². The molecular formula is C62H40N4OPdSi2. The maximum atomic E-state index is 7.03. The number of benzene rings is 9. The SMILES string of the molecule is [Pd+2].[c-]1c(-n2c3cc4c(cc3c3cccnc32)Oc2ccccc2[Si]4(c2ccccc2)c2ccccc2)cccc1[Si](c1[c-]c2c(cc1)c1ccccc1n1ccnc21)(c1ccccc1)c1ccccc1. The zero-order valence-corrected chi connectivity index (χ0v) is 41.2. The average Bonchev–Trinajstić information content (AvgIpc) is 4.05. The Bertz CT molecular complexity index is 4040. The van der Waals surface area contributed by atoms with Gasteiger partial charge in [-0.2, -0.15) is 23.4 Å². The van der Waals surface area contributed by atoms with Crippen LogP contribution in [-0.2, 0) is 20.4 Å². The third-order valence-corrected chi connectivity index (χ3v) is 23.9. The fourth-order valence-electron chi connectivity index (χ4n) is 11.6. The van der Waals surface area contributed by atoms with Gasteiger partial charge in [-0.25, -0.2) is 4.98 Å². The Hall–Kier alpha value is -7.96. The zero-order chi connectivity index (χ0) is 45.5. The minimum Gasteiger partial charge on any atom is -0.458 e. The van der Waals surface area contributed by atoms with Crippen molar-refractivity contribution in [2.24, 2.45) is 0 Å². The zero-order valence-electron chi connectivity index (χ0n) is 37.6. The van der Waals surface area contributed by atoms with Crippen LogP contribution in [-0.4, -0.2) is 35.1 Å². The van der Waals surface area contributed by atoms with Crippen LogP contribution in [0.3, 0.4) is 0 Å². The summed E-state index contributed by atoms with van der Waals surface area (Å²) in [5.41, 5.74) is 4.86. The number of nitrogens with zero attached hydrogens (tertiary/aromatic N) is 4. The third kappa shape index (κ3) is 6.05. The molecule has 8 heteroatoms. The van der Waals surface area contributed by atoms with Crippen molar-refractivity contribution in [3.8, 4) is 17.2 Å². The Morgan fingerprint density at radius 3 is 1.81 bits per heavy atom. The van der Waals surface area contributed by atoms with Crippen LogP contribution in [0.2, 0.25) is 0 Å². The molecule has 0 radical (unpaired) electrons. The molecule has 0 aliphatic carbocycles. The van der Waals surface area contributed by atoms with Crippen molar-refractivity contribution in [1.82, 2.24) is 18.9 Å². The van der Waals surface area contributed by atoms with Gasteiger partial charge >= 0.3 is 20.4 Å². The molecule has 0 unspecified atom stereocenters. The topological polar surface area (TPSA) is 44.4 Å². The summed E-state index contributed by atoms with van der Waals surface area (Å²) in [4.78, 5) is 10.1. The normalized spacial score (nSPS) is 13.0. The summed E-state index contributed by atoms with van der Waals surface area (Å²) in [7, 11) is -6.17. The van der Waals surface area contributed by atoms with E-state index in [-0.39, 0.29) is 20.4 Å². The number of ether oxygens (including phenoxy) is 1. The van der Waals surface area contributed by atoms with E-state index in [0.29, 0.717) is 0 Å². The summed E-state index contributed by atoms with van der Waals surface area (Å²) in [6.45, 7) is 0. The Morgan fingerprint density at radius 1 is 0.443 bits per heavy atom. The first-order valence-corrected chi connectivity index (χ1v) is 27.4.